The third kappa shape index (κ3) is 7.28. The molecule has 2 N–H and O–H groups in total. The SMILES string of the molecule is CCn1cc(-c2cc(Cn3ccn(C)c3=N)cc3c2OC[C@@H](CC2CCC(NC(=O)OC(C)(C)C)CC2)C3=O)c(C(F)(F)F)n1. The molecule has 2 aromatic heterocycles. The molecular weight excluding hydrogens is 589 g/mol. The van der Waals surface area contributed by atoms with Crippen molar-refractivity contribution in [2.75, 3.05) is 6.61 Å². The molecule has 0 spiro atoms. The van der Waals surface area contributed by atoms with Crippen LogP contribution in [0.4, 0.5) is 18.0 Å². The van der Waals surface area contributed by atoms with Crippen LogP contribution in [0.15, 0.2) is 30.7 Å². The van der Waals surface area contributed by atoms with E-state index >= 15 is 0 Å². The van der Waals surface area contributed by atoms with Gasteiger partial charge in [0, 0.05) is 49.4 Å². The maximum absolute atomic E-state index is 14.1. The van der Waals surface area contributed by atoms with E-state index in [2.05, 4.69) is 10.4 Å². The second-order valence-electron chi connectivity index (χ2n) is 13.1. The summed E-state index contributed by atoms with van der Waals surface area (Å²) in [7, 11) is 1.73. The molecule has 0 bridgehead atoms. The van der Waals surface area contributed by atoms with Crippen LogP contribution < -0.4 is 15.7 Å². The lowest BCUT2D eigenvalue weighted by Gasteiger charge is -2.33. The van der Waals surface area contributed by atoms with Crippen LogP contribution >= 0.6 is 0 Å². The average Bonchev–Trinajstić information content (AvgIpc) is 3.54. The predicted molar refractivity (Wildman–Crippen MR) is 160 cm³/mol. The van der Waals surface area contributed by atoms with Crippen LogP contribution in [0, 0.1) is 17.2 Å². The molecular formula is C32H41F3N6O4. The summed E-state index contributed by atoms with van der Waals surface area (Å²) in [6, 6.07) is 3.30. The number of rotatable bonds is 7. The number of aromatic nitrogens is 4. The summed E-state index contributed by atoms with van der Waals surface area (Å²) in [6.45, 7) is 7.66. The van der Waals surface area contributed by atoms with Gasteiger partial charge in [0.25, 0.3) is 0 Å². The number of alkyl halides is 3. The number of hydrogen-bond donors (Lipinski definition) is 2. The Morgan fingerprint density at radius 2 is 1.80 bits per heavy atom. The first-order chi connectivity index (χ1) is 21.1. The predicted octanol–water partition coefficient (Wildman–Crippen LogP) is 5.92. The van der Waals surface area contributed by atoms with Gasteiger partial charge < -0.3 is 23.9 Å². The van der Waals surface area contributed by atoms with E-state index in [1.807, 2.05) is 20.8 Å². The third-order valence-corrected chi connectivity index (χ3v) is 8.47. The van der Waals surface area contributed by atoms with E-state index in [1.54, 1.807) is 47.6 Å². The van der Waals surface area contributed by atoms with E-state index in [-0.39, 0.29) is 65.5 Å². The molecule has 2 aliphatic rings. The number of aryl methyl sites for hydroxylation is 2. The summed E-state index contributed by atoms with van der Waals surface area (Å²) < 4.78 is 58.5. The lowest BCUT2D eigenvalue weighted by Crippen LogP contribution is -2.41. The zero-order valence-corrected chi connectivity index (χ0v) is 26.3. The molecule has 1 atom stereocenters. The number of ketones is 1. The smallest absolute Gasteiger partial charge is 0.435 e. The summed E-state index contributed by atoms with van der Waals surface area (Å²) in [5, 5.41) is 15.0. The molecule has 1 aromatic carbocycles. The molecule has 244 valence electrons. The van der Waals surface area contributed by atoms with Crippen LogP contribution in [0.2, 0.25) is 0 Å². The van der Waals surface area contributed by atoms with Crippen molar-refractivity contribution in [2.45, 2.75) is 90.7 Å². The van der Waals surface area contributed by atoms with Crippen molar-refractivity contribution in [3.05, 3.63) is 53.2 Å². The monoisotopic (exact) mass is 630 g/mol. The Hall–Kier alpha value is -4.03. The molecule has 1 amide bonds. The molecule has 13 heteroatoms. The van der Waals surface area contributed by atoms with Gasteiger partial charge in [0.1, 0.15) is 11.4 Å². The van der Waals surface area contributed by atoms with Crippen LogP contribution in [-0.4, -0.2) is 49.0 Å². The number of hydrogen-bond acceptors (Lipinski definition) is 6. The minimum absolute atomic E-state index is 0.00419. The fraction of sp³-hybridized carbons (Fsp3) is 0.562. The molecule has 0 radical (unpaired) electrons. The van der Waals surface area contributed by atoms with Crippen LogP contribution in [0.1, 0.15) is 81.4 Å². The topological polar surface area (TPSA) is 116 Å². The van der Waals surface area contributed by atoms with E-state index in [4.69, 9.17) is 14.9 Å². The van der Waals surface area contributed by atoms with Gasteiger partial charge in [0.15, 0.2) is 11.5 Å². The van der Waals surface area contributed by atoms with Crippen molar-refractivity contribution in [3.63, 3.8) is 0 Å². The maximum atomic E-state index is 14.1. The first kappa shape index (κ1) is 32.4. The van der Waals surface area contributed by atoms with Gasteiger partial charge in [-0.25, -0.2) is 4.79 Å². The van der Waals surface area contributed by atoms with Gasteiger partial charge in [-0.2, -0.15) is 18.3 Å². The van der Waals surface area contributed by atoms with Gasteiger partial charge >= 0.3 is 12.3 Å². The minimum atomic E-state index is -4.71. The summed E-state index contributed by atoms with van der Waals surface area (Å²) in [5.41, 5.74) is -0.552. The molecule has 3 heterocycles. The molecule has 1 fully saturated rings. The highest BCUT2D eigenvalue weighted by Crippen LogP contribution is 2.45. The highest BCUT2D eigenvalue weighted by molar-refractivity contribution is 6.03. The van der Waals surface area contributed by atoms with Gasteiger partial charge in [0.05, 0.1) is 24.6 Å². The van der Waals surface area contributed by atoms with Crippen LogP contribution in [0.25, 0.3) is 11.1 Å². The second-order valence-corrected chi connectivity index (χ2v) is 13.1. The van der Waals surface area contributed by atoms with Gasteiger partial charge in [-0.3, -0.25) is 14.9 Å². The lowest BCUT2D eigenvalue weighted by atomic mass is 9.78. The molecule has 10 nitrogen and oxygen atoms in total. The summed E-state index contributed by atoms with van der Waals surface area (Å²) in [5.74, 6) is -0.226. The average molecular weight is 631 g/mol. The zero-order chi connectivity index (χ0) is 32.7. The normalized spacial score (nSPS) is 20.4. The standard InChI is InChI=1S/C32H41F3N6O4/c1-6-41-17-25(28(38-41)32(33,34)35)23-14-20(16-40-12-11-39(5)29(40)36)15-24-26(42)21(18-44-27(23)24)13-19-7-9-22(10-8-19)37-30(43)45-31(2,3)4/h11-12,14-15,17,19,21-22,36H,6-10,13,16,18H2,1-5H3,(H,37,43)/t19?,21-,22?/m1/s1. The summed E-state index contributed by atoms with van der Waals surface area (Å²) >= 11 is 0. The number of benzene rings is 1. The molecule has 1 aliphatic heterocycles. The van der Waals surface area contributed by atoms with Crippen molar-refractivity contribution in [1.82, 2.24) is 24.2 Å². The Labute approximate surface area is 260 Å². The number of alkyl carbamates (subject to hydrolysis) is 1. The Bertz CT molecular complexity index is 1620. The van der Waals surface area contributed by atoms with Crippen molar-refractivity contribution in [1.29, 1.82) is 5.41 Å². The van der Waals surface area contributed by atoms with Gasteiger partial charge in [0.2, 0.25) is 5.62 Å². The molecule has 5 rings (SSSR count). The van der Waals surface area contributed by atoms with E-state index < -0.39 is 29.5 Å². The van der Waals surface area contributed by atoms with Crippen molar-refractivity contribution in [3.8, 4) is 16.9 Å². The number of nitrogens with one attached hydrogen (secondary N) is 2. The number of amides is 1. The number of imidazole rings is 1. The molecule has 3 aromatic rings. The number of Topliss-reactive ketones (excluding diaryl/α,β-unsaturated/α-hetero) is 1. The Morgan fingerprint density at radius 1 is 1.11 bits per heavy atom. The number of carbonyl (C=O) groups is 2. The molecule has 45 heavy (non-hydrogen) atoms. The largest absolute Gasteiger partial charge is 0.491 e. The van der Waals surface area contributed by atoms with Gasteiger partial charge in [-0.1, -0.05) is 0 Å². The molecule has 0 unspecified atom stereocenters. The highest BCUT2D eigenvalue weighted by Gasteiger charge is 2.40. The minimum Gasteiger partial charge on any atom is -0.491 e. The fourth-order valence-corrected chi connectivity index (χ4v) is 6.23. The number of nitrogens with zero attached hydrogens (tertiary/aromatic N) is 4. The van der Waals surface area contributed by atoms with Crippen LogP contribution in [0.3, 0.4) is 0 Å². The van der Waals surface area contributed by atoms with E-state index in [0.717, 1.165) is 25.7 Å². The lowest BCUT2D eigenvalue weighted by molar-refractivity contribution is -0.141. The van der Waals surface area contributed by atoms with Crippen molar-refractivity contribution < 1.29 is 32.2 Å². The number of fused-ring (bicyclic) bond motifs is 1. The maximum Gasteiger partial charge on any atom is 0.435 e. The Balaban J connectivity index is 1.40. The quantitative estimate of drug-likeness (QED) is 0.336. The highest BCUT2D eigenvalue weighted by atomic mass is 19.4. The van der Waals surface area contributed by atoms with E-state index in [0.29, 0.717) is 12.0 Å². The van der Waals surface area contributed by atoms with Gasteiger partial charge in [-0.05, 0) is 83.4 Å². The van der Waals surface area contributed by atoms with Crippen LogP contribution in [-0.2, 0) is 31.1 Å². The van der Waals surface area contributed by atoms with Crippen LogP contribution in [0.5, 0.6) is 5.75 Å². The second kappa shape index (κ2) is 12.4. The van der Waals surface area contributed by atoms with Gasteiger partial charge in [-0.15, -0.1) is 0 Å². The Morgan fingerprint density at radius 3 is 2.40 bits per heavy atom. The molecule has 1 saturated carbocycles. The fourth-order valence-electron chi connectivity index (χ4n) is 6.23. The number of ether oxygens (including phenoxy) is 2. The summed E-state index contributed by atoms with van der Waals surface area (Å²) in [4.78, 5) is 26.2. The van der Waals surface area contributed by atoms with E-state index in [9.17, 15) is 22.8 Å². The van der Waals surface area contributed by atoms with Crippen molar-refractivity contribution in [2.24, 2.45) is 18.9 Å². The number of carbonyl (C=O) groups excluding carboxylic acids is 2. The van der Waals surface area contributed by atoms with Crippen molar-refractivity contribution >= 4 is 11.9 Å². The first-order valence-electron chi connectivity index (χ1n) is 15.4. The first-order valence-corrected chi connectivity index (χ1v) is 15.4. The summed E-state index contributed by atoms with van der Waals surface area (Å²) in [6.07, 6.45) is 3.40. The Kier molecular flexibility index (Phi) is 8.92. The van der Waals surface area contributed by atoms with E-state index in [1.165, 1.54) is 10.9 Å². The molecule has 0 saturated heterocycles. The number of halogens is 3. The zero-order valence-electron chi connectivity index (χ0n) is 26.3. The third-order valence-electron chi connectivity index (χ3n) is 8.47. The molecule has 1 aliphatic carbocycles.